The highest BCUT2D eigenvalue weighted by Gasteiger charge is 2.43. The number of carbonyl (C=O) groups is 1. The monoisotopic (exact) mass is 376 g/mol. The summed E-state index contributed by atoms with van der Waals surface area (Å²) in [7, 11) is 1.90. The summed E-state index contributed by atoms with van der Waals surface area (Å²) >= 11 is 0. The first-order chi connectivity index (χ1) is 13.6. The van der Waals surface area contributed by atoms with Crippen LogP contribution in [0.4, 0.5) is 5.82 Å². The lowest BCUT2D eigenvalue weighted by Gasteiger charge is -2.41. The van der Waals surface area contributed by atoms with Crippen molar-refractivity contribution >= 4 is 17.2 Å². The van der Waals surface area contributed by atoms with E-state index in [0.717, 1.165) is 48.4 Å². The van der Waals surface area contributed by atoms with E-state index in [1.165, 1.54) is 0 Å². The highest BCUT2D eigenvalue weighted by molar-refractivity contribution is 5.81. The van der Waals surface area contributed by atoms with Crippen LogP contribution in [0, 0.1) is 11.3 Å². The summed E-state index contributed by atoms with van der Waals surface area (Å²) in [5, 5.41) is 17.5. The number of amides is 1. The van der Waals surface area contributed by atoms with E-state index < -0.39 is 0 Å². The number of aryl methyl sites for hydroxylation is 1. The lowest BCUT2D eigenvalue weighted by atomic mass is 10.1. The van der Waals surface area contributed by atoms with E-state index >= 15 is 0 Å². The smallest absolute Gasteiger partial charge is 0.237 e. The summed E-state index contributed by atoms with van der Waals surface area (Å²) < 4.78 is 3.62. The van der Waals surface area contributed by atoms with Gasteiger partial charge in [-0.05, 0) is 18.9 Å². The second kappa shape index (κ2) is 6.34. The fourth-order valence-electron chi connectivity index (χ4n) is 4.53. The molecule has 5 rings (SSSR count). The Kier molecular flexibility index (Phi) is 3.79. The predicted molar refractivity (Wildman–Crippen MR) is 101 cm³/mol. The molecule has 9 heteroatoms. The predicted octanol–water partition coefficient (Wildman–Crippen LogP) is 1.22. The average molecular weight is 376 g/mol. The van der Waals surface area contributed by atoms with E-state index in [1.807, 2.05) is 41.1 Å². The van der Waals surface area contributed by atoms with Gasteiger partial charge in [0.25, 0.3) is 0 Å². The fraction of sp³-hybridized carbons (Fsp3) is 0.421. The van der Waals surface area contributed by atoms with Gasteiger partial charge in [-0.1, -0.05) is 0 Å². The van der Waals surface area contributed by atoms with Crippen molar-refractivity contribution in [2.45, 2.75) is 31.3 Å². The van der Waals surface area contributed by atoms with Crippen LogP contribution in [-0.4, -0.2) is 60.4 Å². The van der Waals surface area contributed by atoms with Gasteiger partial charge >= 0.3 is 0 Å². The molecule has 2 aliphatic heterocycles. The second-order valence-corrected chi connectivity index (χ2v) is 7.47. The maximum absolute atomic E-state index is 12.3. The number of fused-ring (bicyclic) bond motifs is 3. The van der Waals surface area contributed by atoms with Gasteiger partial charge in [-0.2, -0.15) is 15.5 Å². The number of hydrogen-bond donors (Lipinski definition) is 0. The standard InChI is InChI=1S/C19H20N8O/c1-24-8-14(7-22-24)13-6-17-19(21-12-23-26(17)9-13)25-10-15-2-3-16(11-25)27(15)18(28)4-5-20/h6-9,12,15-16H,2-4,10-11H2,1H3. The lowest BCUT2D eigenvalue weighted by Crippen LogP contribution is -2.56. The highest BCUT2D eigenvalue weighted by atomic mass is 16.2. The third-order valence-corrected chi connectivity index (χ3v) is 5.72. The topological polar surface area (TPSA) is 95.3 Å². The van der Waals surface area contributed by atoms with Crippen LogP contribution >= 0.6 is 0 Å². The zero-order valence-electron chi connectivity index (χ0n) is 15.6. The molecule has 2 fully saturated rings. The van der Waals surface area contributed by atoms with Crippen molar-refractivity contribution in [3.8, 4) is 17.2 Å². The minimum atomic E-state index is -0.0518. The molecule has 5 heterocycles. The molecule has 2 bridgehead atoms. The maximum atomic E-state index is 12.3. The van der Waals surface area contributed by atoms with Crippen LogP contribution in [0.25, 0.3) is 16.6 Å². The maximum Gasteiger partial charge on any atom is 0.237 e. The summed E-state index contributed by atoms with van der Waals surface area (Å²) in [6.45, 7) is 1.46. The number of aromatic nitrogens is 5. The Hall–Kier alpha value is -3.41. The van der Waals surface area contributed by atoms with E-state index in [0.29, 0.717) is 0 Å². The number of rotatable bonds is 3. The molecule has 142 valence electrons. The van der Waals surface area contributed by atoms with Crippen molar-refractivity contribution < 1.29 is 4.79 Å². The van der Waals surface area contributed by atoms with Gasteiger partial charge in [0.15, 0.2) is 5.82 Å². The molecule has 0 N–H and O–H groups in total. The molecule has 0 aliphatic carbocycles. The molecule has 1 amide bonds. The molecule has 9 nitrogen and oxygen atoms in total. The number of hydrogen-bond acceptors (Lipinski definition) is 6. The summed E-state index contributed by atoms with van der Waals surface area (Å²) in [5.74, 6) is 0.832. The molecule has 2 aliphatic rings. The highest BCUT2D eigenvalue weighted by Crippen LogP contribution is 2.34. The Morgan fingerprint density at radius 3 is 2.68 bits per heavy atom. The number of nitrogens with zero attached hydrogens (tertiary/aromatic N) is 8. The molecule has 3 aromatic heterocycles. The Bertz CT molecular complexity index is 1080. The van der Waals surface area contributed by atoms with E-state index in [1.54, 1.807) is 11.0 Å². The van der Waals surface area contributed by atoms with Gasteiger partial charge in [0.1, 0.15) is 18.3 Å². The van der Waals surface area contributed by atoms with Gasteiger partial charge < -0.3 is 9.80 Å². The van der Waals surface area contributed by atoms with Crippen LogP contribution in [0.15, 0.2) is 31.0 Å². The largest absolute Gasteiger partial charge is 0.351 e. The van der Waals surface area contributed by atoms with Gasteiger partial charge in [-0.15, -0.1) is 0 Å². The summed E-state index contributed by atoms with van der Waals surface area (Å²) in [4.78, 5) is 21.1. The van der Waals surface area contributed by atoms with Gasteiger partial charge in [-0.25, -0.2) is 9.50 Å². The van der Waals surface area contributed by atoms with Crippen molar-refractivity contribution in [1.29, 1.82) is 5.26 Å². The van der Waals surface area contributed by atoms with E-state index in [9.17, 15) is 4.79 Å². The normalized spacial score (nSPS) is 21.3. The summed E-state index contributed by atoms with van der Waals surface area (Å²) in [6.07, 6.45) is 9.27. The van der Waals surface area contributed by atoms with Crippen LogP contribution in [0.5, 0.6) is 0 Å². The molecule has 0 aromatic carbocycles. The first kappa shape index (κ1) is 16.7. The third kappa shape index (κ3) is 2.60. The summed E-state index contributed by atoms with van der Waals surface area (Å²) in [5.41, 5.74) is 3.02. The number of piperazine rings is 1. The second-order valence-electron chi connectivity index (χ2n) is 7.47. The third-order valence-electron chi connectivity index (χ3n) is 5.72. The molecule has 0 spiro atoms. The van der Waals surface area contributed by atoms with Crippen molar-refractivity contribution in [3.05, 3.63) is 31.0 Å². The zero-order valence-corrected chi connectivity index (χ0v) is 15.6. The van der Waals surface area contributed by atoms with E-state index in [-0.39, 0.29) is 24.4 Å². The van der Waals surface area contributed by atoms with Gasteiger partial charge in [-0.3, -0.25) is 9.48 Å². The quantitative estimate of drug-likeness (QED) is 0.682. The van der Waals surface area contributed by atoms with E-state index in [2.05, 4.69) is 26.1 Å². The van der Waals surface area contributed by atoms with Crippen LogP contribution in [0.2, 0.25) is 0 Å². The minimum absolute atomic E-state index is 0.0437. The molecule has 0 radical (unpaired) electrons. The van der Waals surface area contributed by atoms with E-state index in [4.69, 9.17) is 5.26 Å². The average Bonchev–Trinajstić information content (AvgIpc) is 3.37. The van der Waals surface area contributed by atoms with Crippen molar-refractivity contribution in [3.63, 3.8) is 0 Å². The Balaban J connectivity index is 1.47. The Morgan fingerprint density at radius 2 is 2.00 bits per heavy atom. The SMILES string of the molecule is Cn1cc(-c2cc3c(N4CC5CCC(C4)N5C(=O)CC#N)ncnn3c2)cn1. The molecule has 2 saturated heterocycles. The first-order valence-electron chi connectivity index (χ1n) is 9.39. The van der Waals surface area contributed by atoms with Crippen LogP contribution in [0.3, 0.4) is 0 Å². The van der Waals surface area contributed by atoms with Gasteiger partial charge in [0.05, 0.1) is 12.3 Å². The number of carbonyl (C=O) groups excluding carboxylic acids is 1. The van der Waals surface area contributed by atoms with Crippen LogP contribution in [-0.2, 0) is 11.8 Å². The molecule has 2 unspecified atom stereocenters. The zero-order chi connectivity index (χ0) is 19.3. The number of anilines is 1. The van der Waals surface area contributed by atoms with Gasteiger partial charge in [0, 0.05) is 55.7 Å². The first-order valence-corrected chi connectivity index (χ1v) is 9.39. The summed E-state index contributed by atoms with van der Waals surface area (Å²) in [6, 6.07) is 4.35. The molecule has 2 atom stereocenters. The Morgan fingerprint density at radius 1 is 1.21 bits per heavy atom. The minimum Gasteiger partial charge on any atom is -0.351 e. The molecule has 0 saturated carbocycles. The molecular formula is C19H20N8O. The molecule has 3 aromatic rings. The molecular weight excluding hydrogens is 356 g/mol. The van der Waals surface area contributed by atoms with Crippen molar-refractivity contribution in [2.24, 2.45) is 7.05 Å². The number of nitriles is 1. The Labute approximate surface area is 161 Å². The fourth-order valence-corrected chi connectivity index (χ4v) is 4.53. The molecule has 28 heavy (non-hydrogen) atoms. The van der Waals surface area contributed by atoms with Crippen LogP contribution in [0.1, 0.15) is 19.3 Å². The lowest BCUT2D eigenvalue weighted by molar-refractivity contribution is -0.133. The van der Waals surface area contributed by atoms with Gasteiger partial charge in [0.2, 0.25) is 5.91 Å². The van der Waals surface area contributed by atoms with Crippen molar-refractivity contribution in [2.75, 3.05) is 18.0 Å². The van der Waals surface area contributed by atoms with Crippen molar-refractivity contribution in [1.82, 2.24) is 29.3 Å². The van der Waals surface area contributed by atoms with Crippen LogP contribution < -0.4 is 4.90 Å².